The molecule has 0 bridgehead atoms. The molecule has 2 aliphatic heterocycles. The maximum Gasteiger partial charge on any atom is 0.352 e. The average molecular weight is 606 g/mol. The zero-order valence-electron chi connectivity index (χ0n) is 20.6. The molecule has 3 aromatic rings. The molecule has 0 spiro atoms. The molecule has 0 radical (unpaired) electrons. The predicted octanol–water partition coefficient (Wildman–Crippen LogP) is -0.373. The lowest BCUT2D eigenvalue weighted by Crippen LogP contribution is -2.71. The normalized spacial score (nSPS) is 18.9. The minimum atomic E-state index is -1.25. The van der Waals surface area contributed by atoms with Crippen LogP contribution in [0.1, 0.15) is 5.82 Å². The second-order valence-corrected chi connectivity index (χ2v) is 11.3. The van der Waals surface area contributed by atoms with Gasteiger partial charge in [0.15, 0.2) is 16.7 Å². The number of anilines is 1. The van der Waals surface area contributed by atoms with Gasteiger partial charge in [-0.25, -0.2) is 14.2 Å². The van der Waals surface area contributed by atoms with Crippen molar-refractivity contribution in [1.82, 2.24) is 24.0 Å². The van der Waals surface area contributed by atoms with Crippen LogP contribution in [0, 0.1) is 0 Å². The predicted molar refractivity (Wildman–Crippen MR) is 144 cm³/mol. The van der Waals surface area contributed by atoms with Crippen LogP contribution < -0.4 is 15.6 Å². The van der Waals surface area contributed by atoms with Gasteiger partial charge in [0, 0.05) is 29.1 Å². The molecule has 3 aromatic heterocycles. The van der Waals surface area contributed by atoms with E-state index >= 15 is 0 Å². The first kappa shape index (κ1) is 27.4. The monoisotopic (exact) mass is 605 g/mol. The number of hydrogen-bond donors (Lipinski definition) is 4. The molecule has 1 fully saturated rings. The summed E-state index contributed by atoms with van der Waals surface area (Å²) in [5.41, 5.74) is 6.42. The van der Waals surface area contributed by atoms with Gasteiger partial charge in [-0.1, -0.05) is 16.9 Å². The van der Waals surface area contributed by atoms with Gasteiger partial charge in [0.1, 0.15) is 36.6 Å². The SMILES string of the molecule is CO/N=C(\C(=O)N[C@@H]1C(=O)N2C(C(=O)O)=C(CSc3cccc4n3cc[n+]4CC(=O)O)CS[C@H]12)c1nsc(N)n1. The lowest BCUT2D eigenvalue weighted by atomic mass is 10.0. The zero-order chi connectivity index (χ0) is 28.6. The van der Waals surface area contributed by atoms with Crippen molar-refractivity contribution in [3.63, 3.8) is 0 Å². The van der Waals surface area contributed by atoms with Crippen molar-refractivity contribution >= 4 is 75.3 Å². The minimum Gasteiger partial charge on any atom is -0.478 e. The number of aliphatic carboxylic acids is 2. The summed E-state index contributed by atoms with van der Waals surface area (Å²) < 4.78 is 7.35. The van der Waals surface area contributed by atoms with Gasteiger partial charge < -0.3 is 26.1 Å². The third-order valence-corrected chi connectivity index (χ3v) is 8.95. The summed E-state index contributed by atoms with van der Waals surface area (Å²) in [6, 6.07) is 4.42. The number of carboxylic acid groups (broad SMARTS) is 2. The van der Waals surface area contributed by atoms with Gasteiger partial charge in [0.05, 0.1) is 0 Å². The Hall–Kier alpha value is -4.16. The van der Waals surface area contributed by atoms with Crippen LogP contribution in [0.3, 0.4) is 0 Å². The van der Waals surface area contributed by atoms with Crippen LogP contribution in [0.4, 0.5) is 5.13 Å². The number of nitrogen functional groups attached to an aromatic ring is 1. The number of thioether (sulfide) groups is 2. The van der Waals surface area contributed by atoms with Crippen LogP contribution >= 0.6 is 35.1 Å². The molecule has 0 saturated carbocycles. The van der Waals surface area contributed by atoms with Crippen molar-refractivity contribution in [3.05, 3.63) is 47.7 Å². The number of pyridine rings is 1. The Morgan fingerprint density at radius 3 is 2.83 bits per heavy atom. The fourth-order valence-electron chi connectivity index (χ4n) is 4.27. The van der Waals surface area contributed by atoms with Crippen LogP contribution in [0.5, 0.6) is 0 Å². The summed E-state index contributed by atoms with van der Waals surface area (Å²) >= 11 is 3.56. The number of nitrogens with two attached hydrogens (primary N) is 1. The quantitative estimate of drug-likeness (QED) is 0.0768. The Labute approximate surface area is 237 Å². The Morgan fingerprint density at radius 2 is 2.15 bits per heavy atom. The zero-order valence-corrected chi connectivity index (χ0v) is 23.0. The van der Waals surface area contributed by atoms with Crippen molar-refractivity contribution in [3.8, 4) is 0 Å². The molecule has 15 nitrogen and oxygen atoms in total. The number of β-lactam (4-membered cyclic amide) rings is 1. The topological polar surface area (TPSA) is 206 Å². The van der Waals surface area contributed by atoms with E-state index in [1.807, 2.05) is 10.5 Å². The summed E-state index contributed by atoms with van der Waals surface area (Å²) in [4.78, 5) is 59.2. The molecule has 2 aliphatic rings. The first-order chi connectivity index (χ1) is 19.2. The second kappa shape index (κ2) is 11.1. The number of carbonyl (C=O) groups excluding carboxylic acids is 2. The molecule has 0 aromatic carbocycles. The standard InChI is InChI=1S/C22H20N8O7S3/c1-37-26-14(17-25-22(23)40-27-17)18(33)24-15-19(34)30-16(21(35)36)10(9-39-20(15)30)8-38-12-4-2-3-11-28(7-13(31)32)5-6-29(11)12/h2-6,15,20H,7-9H2,1H3,(H4-,23,24,25,27,31,32,33,35,36)/p+1/b26-14-/t15-,20-/m1/s1. The van der Waals surface area contributed by atoms with Crippen molar-refractivity contribution < 1.29 is 38.8 Å². The summed E-state index contributed by atoms with van der Waals surface area (Å²) in [6.07, 6.45) is 3.40. The summed E-state index contributed by atoms with van der Waals surface area (Å²) in [7, 11) is 1.24. The number of amides is 2. The molecule has 2 amide bonds. The number of fused-ring (bicyclic) bond motifs is 2. The number of oxime groups is 1. The maximum absolute atomic E-state index is 13.1. The largest absolute Gasteiger partial charge is 0.478 e. The van der Waals surface area contributed by atoms with Crippen LogP contribution in [-0.2, 0) is 30.6 Å². The van der Waals surface area contributed by atoms with E-state index in [-0.39, 0.29) is 34.7 Å². The van der Waals surface area contributed by atoms with Crippen molar-refractivity contribution in [2.45, 2.75) is 23.0 Å². The van der Waals surface area contributed by atoms with Crippen molar-refractivity contribution in [1.29, 1.82) is 0 Å². The van der Waals surface area contributed by atoms with E-state index in [4.69, 9.17) is 15.7 Å². The number of rotatable bonds is 10. The van der Waals surface area contributed by atoms with Gasteiger partial charge >= 0.3 is 11.9 Å². The van der Waals surface area contributed by atoms with Gasteiger partial charge in [-0.05, 0) is 17.7 Å². The van der Waals surface area contributed by atoms with Gasteiger partial charge in [-0.3, -0.25) is 14.5 Å². The van der Waals surface area contributed by atoms with Gasteiger partial charge in [-0.2, -0.15) is 13.8 Å². The van der Waals surface area contributed by atoms with Gasteiger partial charge in [0.25, 0.3) is 17.5 Å². The first-order valence-electron chi connectivity index (χ1n) is 11.4. The lowest BCUT2D eigenvalue weighted by molar-refractivity contribution is -0.659. The molecular formula is C22H21N8O7S3+. The number of nitrogens with zero attached hydrogens (tertiary/aromatic N) is 6. The smallest absolute Gasteiger partial charge is 0.352 e. The van der Waals surface area contributed by atoms with Crippen LogP contribution in [0.25, 0.3) is 5.65 Å². The average Bonchev–Trinajstić information content (AvgIpc) is 3.54. The number of imidazole rings is 1. The molecule has 0 unspecified atom stereocenters. The highest BCUT2D eigenvalue weighted by atomic mass is 32.2. The molecule has 5 heterocycles. The van der Waals surface area contributed by atoms with E-state index in [0.717, 1.165) is 16.6 Å². The van der Waals surface area contributed by atoms with Crippen molar-refractivity contribution in [2.75, 3.05) is 24.3 Å². The highest BCUT2D eigenvalue weighted by Crippen LogP contribution is 2.41. The molecule has 1 saturated heterocycles. The summed E-state index contributed by atoms with van der Waals surface area (Å²) in [5.74, 6) is -3.02. The fraction of sp³-hybridized carbons (Fsp3) is 0.273. The van der Waals surface area contributed by atoms with Gasteiger partial charge in [-0.15, -0.1) is 11.8 Å². The van der Waals surface area contributed by atoms with E-state index in [9.17, 15) is 24.3 Å². The third-order valence-electron chi connectivity index (χ3n) is 5.95. The van der Waals surface area contributed by atoms with E-state index in [0.29, 0.717) is 17.0 Å². The molecule has 40 heavy (non-hydrogen) atoms. The van der Waals surface area contributed by atoms with E-state index in [1.54, 1.807) is 29.1 Å². The third kappa shape index (κ3) is 5.07. The molecule has 0 aliphatic carbocycles. The Balaban J connectivity index is 1.32. The van der Waals surface area contributed by atoms with Crippen LogP contribution in [0.15, 0.2) is 52.0 Å². The molecule has 5 N–H and O–H groups in total. The Morgan fingerprint density at radius 1 is 1.35 bits per heavy atom. The molecule has 2 atom stereocenters. The fourth-order valence-corrected chi connectivity index (χ4v) is 7.20. The summed E-state index contributed by atoms with van der Waals surface area (Å²) in [6.45, 7) is -0.196. The first-order valence-corrected chi connectivity index (χ1v) is 14.3. The van der Waals surface area contributed by atoms with E-state index in [1.165, 1.54) is 35.5 Å². The number of carboxylic acids is 2. The van der Waals surface area contributed by atoms with Crippen LogP contribution in [-0.4, -0.2) is 88.4 Å². The minimum absolute atomic E-state index is 0.0570. The van der Waals surface area contributed by atoms with E-state index in [2.05, 4.69) is 19.8 Å². The number of hydrogen-bond acceptors (Lipinski definition) is 12. The highest BCUT2D eigenvalue weighted by molar-refractivity contribution is 8.01. The number of carbonyl (C=O) groups is 4. The molecule has 5 rings (SSSR count). The van der Waals surface area contributed by atoms with Crippen LogP contribution in [0.2, 0.25) is 0 Å². The van der Waals surface area contributed by atoms with Gasteiger partial charge in [0.2, 0.25) is 11.5 Å². The number of nitrogens with one attached hydrogen (secondary N) is 1. The second-order valence-electron chi connectivity index (χ2n) is 8.40. The molecular weight excluding hydrogens is 584 g/mol. The maximum atomic E-state index is 13.1. The molecule has 208 valence electrons. The number of aromatic nitrogens is 4. The van der Waals surface area contributed by atoms with E-state index < -0.39 is 35.2 Å². The Kier molecular flexibility index (Phi) is 7.63. The van der Waals surface area contributed by atoms with Crippen molar-refractivity contribution in [2.24, 2.45) is 5.16 Å². The highest BCUT2D eigenvalue weighted by Gasteiger charge is 2.54. The summed E-state index contributed by atoms with van der Waals surface area (Å²) in [5, 5.41) is 25.6. The molecule has 18 heteroatoms. The lowest BCUT2D eigenvalue weighted by Gasteiger charge is -2.49. The Bertz CT molecular complexity index is 1600.